The van der Waals surface area contributed by atoms with Crippen LogP contribution in [0.5, 0.6) is 0 Å². The average Bonchev–Trinajstić information content (AvgIpc) is 2.68. The van der Waals surface area contributed by atoms with Gasteiger partial charge in [0.15, 0.2) is 0 Å². The fourth-order valence-electron chi connectivity index (χ4n) is 3.95. The summed E-state index contributed by atoms with van der Waals surface area (Å²) in [6.45, 7) is 8.66. The third kappa shape index (κ3) is 4.87. The number of carbonyl (C=O) groups is 1. The van der Waals surface area contributed by atoms with Crippen LogP contribution in [0.2, 0.25) is 0 Å². The van der Waals surface area contributed by atoms with Gasteiger partial charge in [0.1, 0.15) is 0 Å². The van der Waals surface area contributed by atoms with Crippen LogP contribution in [-0.2, 0) is 14.8 Å². The Labute approximate surface area is 174 Å². The Morgan fingerprint density at radius 1 is 1.07 bits per heavy atom. The lowest BCUT2D eigenvalue weighted by atomic mass is 9.96. The zero-order chi connectivity index (χ0) is 21.2. The van der Waals surface area contributed by atoms with Gasteiger partial charge in [-0.2, -0.15) is 4.31 Å². The van der Waals surface area contributed by atoms with Gasteiger partial charge in [-0.25, -0.2) is 8.42 Å². The zero-order valence-corrected chi connectivity index (χ0v) is 18.4. The van der Waals surface area contributed by atoms with Crippen molar-refractivity contribution in [3.8, 4) is 0 Å². The van der Waals surface area contributed by atoms with Crippen molar-refractivity contribution < 1.29 is 13.2 Å². The normalized spacial score (nSPS) is 19.0. The number of carbonyl (C=O) groups excluding carboxylic acids is 1. The molecule has 156 valence electrons. The van der Waals surface area contributed by atoms with Gasteiger partial charge < -0.3 is 5.32 Å². The fraction of sp³-hybridized carbons (Fsp3) is 0.435. The van der Waals surface area contributed by atoms with Gasteiger partial charge in [0, 0.05) is 13.1 Å². The minimum absolute atomic E-state index is 0.0821. The van der Waals surface area contributed by atoms with Crippen molar-refractivity contribution in [3.05, 3.63) is 64.7 Å². The van der Waals surface area contributed by atoms with Crippen molar-refractivity contribution in [1.29, 1.82) is 0 Å². The lowest BCUT2D eigenvalue weighted by molar-refractivity contribution is -0.126. The highest BCUT2D eigenvalue weighted by atomic mass is 32.2. The average molecular weight is 415 g/mol. The van der Waals surface area contributed by atoms with E-state index in [1.807, 2.05) is 39.8 Å². The fourth-order valence-corrected chi connectivity index (χ4v) is 5.48. The molecule has 2 aromatic carbocycles. The molecule has 5 nitrogen and oxygen atoms in total. The molecule has 0 aliphatic carbocycles. The first-order valence-corrected chi connectivity index (χ1v) is 11.6. The van der Waals surface area contributed by atoms with Crippen LogP contribution in [0, 0.1) is 26.7 Å². The second kappa shape index (κ2) is 8.67. The highest BCUT2D eigenvalue weighted by Gasteiger charge is 2.33. The molecule has 2 aromatic rings. The van der Waals surface area contributed by atoms with Gasteiger partial charge in [-0.1, -0.05) is 41.5 Å². The Hall–Kier alpha value is -2.18. The molecule has 0 radical (unpaired) electrons. The van der Waals surface area contributed by atoms with Gasteiger partial charge >= 0.3 is 0 Å². The summed E-state index contributed by atoms with van der Waals surface area (Å²) in [5.74, 6) is -0.418. The van der Waals surface area contributed by atoms with Gasteiger partial charge in [-0.3, -0.25) is 4.79 Å². The van der Waals surface area contributed by atoms with E-state index in [0.717, 1.165) is 16.7 Å². The van der Waals surface area contributed by atoms with Crippen LogP contribution in [-0.4, -0.2) is 31.7 Å². The summed E-state index contributed by atoms with van der Waals surface area (Å²) < 4.78 is 27.4. The third-order valence-corrected chi connectivity index (χ3v) is 7.54. The van der Waals surface area contributed by atoms with E-state index in [9.17, 15) is 13.2 Å². The second-order valence-electron chi connectivity index (χ2n) is 8.11. The van der Waals surface area contributed by atoms with Gasteiger partial charge in [0.2, 0.25) is 15.9 Å². The maximum Gasteiger partial charge on any atom is 0.243 e. The van der Waals surface area contributed by atoms with Crippen molar-refractivity contribution in [2.45, 2.75) is 51.5 Å². The molecule has 2 atom stereocenters. The molecule has 1 fully saturated rings. The van der Waals surface area contributed by atoms with Crippen molar-refractivity contribution in [3.63, 3.8) is 0 Å². The molecule has 29 heavy (non-hydrogen) atoms. The lowest BCUT2D eigenvalue weighted by Crippen LogP contribution is -2.45. The molecule has 3 rings (SSSR count). The molecule has 1 aliphatic rings. The summed E-state index contributed by atoms with van der Waals surface area (Å²) >= 11 is 0. The van der Waals surface area contributed by atoms with Crippen molar-refractivity contribution in [1.82, 2.24) is 9.62 Å². The summed E-state index contributed by atoms with van der Waals surface area (Å²) in [6, 6.07) is 12.9. The minimum atomic E-state index is -3.58. The molecule has 0 spiro atoms. The Kier molecular flexibility index (Phi) is 6.44. The molecular formula is C23H30N2O3S. The summed E-state index contributed by atoms with van der Waals surface area (Å²) in [5.41, 5.74) is 4.43. The standard InChI is InChI=1S/C23H30N2O3S/c1-16-7-10-21(11-8-16)29(27,28)25-13-5-6-20(15-25)23(26)24-19(4)22-12-9-17(2)14-18(22)3/h7-12,14,19-20H,5-6,13,15H2,1-4H3,(H,24,26)/t19-,20-/m1/s1. The van der Waals surface area contributed by atoms with E-state index < -0.39 is 10.0 Å². The predicted octanol–water partition coefficient (Wildman–Crippen LogP) is 3.89. The van der Waals surface area contributed by atoms with Crippen LogP contribution in [0.15, 0.2) is 47.4 Å². The molecule has 0 bridgehead atoms. The first-order chi connectivity index (χ1) is 13.7. The van der Waals surface area contributed by atoms with E-state index in [2.05, 4.69) is 11.4 Å². The van der Waals surface area contributed by atoms with E-state index in [-0.39, 0.29) is 29.3 Å². The van der Waals surface area contributed by atoms with Crippen LogP contribution in [0.3, 0.4) is 0 Å². The van der Waals surface area contributed by atoms with E-state index in [1.54, 1.807) is 24.3 Å². The van der Waals surface area contributed by atoms with Crippen LogP contribution < -0.4 is 5.32 Å². The molecule has 1 aliphatic heterocycles. The Bertz CT molecular complexity index is 984. The summed E-state index contributed by atoms with van der Waals surface area (Å²) in [5, 5.41) is 3.08. The molecule has 1 saturated heterocycles. The SMILES string of the molecule is Cc1ccc(S(=O)(=O)N2CCC[C@@H](C(=O)N[C@H](C)c3ccc(C)cc3C)C2)cc1. The first kappa shape index (κ1) is 21.5. The van der Waals surface area contributed by atoms with Crippen LogP contribution >= 0.6 is 0 Å². The largest absolute Gasteiger partial charge is 0.349 e. The number of hydrogen-bond donors (Lipinski definition) is 1. The minimum Gasteiger partial charge on any atom is -0.349 e. The maximum atomic E-state index is 13.0. The van der Waals surface area contributed by atoms with Gasteiger partial charge in [-0.05, 0) is 63.8 Å². The summed E-state index contributed by atoms with van der Waals surface area (Å²) in [6.07, 6.45) is 1.38. The number of sulfonamides is 1. The van der Waals surface area contributed by atoms with Crippen LogP contribution in [0.25, 0.3) is 0 Å². The molecular weight excluding hydrogens is 384 g/mol. The van der Waals surface area contributed by atoms with Crippen molar-refractivity contribution in [2.75, 3.05) is 13.1 Å². The van der Waals surface area contributed by atoms with Crippen molar-refractivity contribution >= 4 is 15.9 Å². The second-order valence-corrected chi connectivity index (χ2v) is 10.0. The number of hydrogen-bond acceptors (Lipinski definition) is 3. The highest BCUT2D eigenvalue weighted by molar-refractivity contribution is 7.89. The van der Waals surface area contributed by atoms with E-state index in [4.69, 9.17) is 0 Å². The molecule has 0 saturated carbocycles. The predicted molar refractivity (Wildman–Crippen MR) is 115 cm³/mol. The maximum absolute atomic E-state index is 13.0. The van der Waals surface area contributed by atoms with E-state index in [0.29, 0.717) is 19.4 Å². The van der Waals surface area contributed by atoms with Crippen LogP contribution in [0.1, 0.15) is 48.1 Å². The molecule has 1 N–H and O–H groups in total. The summed E-state index contributed by atoms with van der Waals surface area (Å²) in [7, 11) is -3.58. The number of amides is 1. The Morgan fingerprint density at radius 2 is 1.72 bits per heavy atom. The number of rotatable bonds is 5. The van der Waals surface area contributed by atoms with Crippen molar-refractivity contribution in [2.24, 2.45) is 5.92 Å². The van der Waals surface area contributed by atoms with Gasteiger partial charge in [-0.15, -0.1) is 0 Å². The number of nitrogens with one attached hydrogen (secondary N) is 1. The number of benzene rings is 2. The Balaban J connectivity index is 1.69. The zero-order valence-electron chi connectivity index (χ0n) is 17.6. The summed E-state index contributed by atoms with van der Waals surface area (Å²) in [4.78, 5) is 13.2. The number of piperidine rings is 1. The monoisotopic (exact) mass is 414 g/mol. The lowest BCUT2D eigenvalue weighted by Gasteiger charge is -2.32. The van der Waals surface area contributed by atoms with Gasteiger partial charge in [0.05, 0.1) is 16.9 Å². The third-order valence-electron chi connectivity index (χ3n) is 5.66. The first-order valence-electron chi connectivity index (χ1n) is 10.1. The quantitative estimate of drug-likeness (QED) is 0.807. The number of nitrogens with zero attached hydrogens (tertiary/aromatic N) is 1. The van der Waals surface area contributed by atoms with Crippen LogP contribution in [0.4, 0.5) is 0 Å². The Morgan fingerprint density at radius 3 is 2.38 bits per heavy atom. The van der Waals surface area contributed by atoms with Gasteiger partial charge in [0.25, 0.3) is 0 Å². The topological polar surface area (TPSA) is 66.5 Å². The molecule has 1 amide bonds. The molecule has 1 heterocycles. The van der Waals surface area contributed by atoms with E-state index >= 15 is 0 Å². The number of aryl methyl sites for hydroxylation is 3. The highest BCUT2D eigenvalue weighted by Crippen LogP contribution is 2.25. The molecule has 0 unspecified atom stereocenters. The molecule has 0 aromatic heterocycles. The molecule has 6 heteroatoms. The van der Waals surface area contributed by atoms with E-state index in [1.165, 1.54) is 9.87 Å². The smallest absolute Gasteiger partial charge is 0.243 e.